The number of fused-ring (bicyclic) bond motifs is 3. The molecule has 2 fully saturated rings. The van der Waals surface area contributed by atoms with Gasteiger partial charge in [0.05, 0.1) is 12.6 Å². The van der Waals surface area contributed by atoms with Crippen molar-refractivity contribution in [1.29, 1.82) is 0 Å². The number of benzene rings is 3. The Balaban J connectivity index is 1.38. The van der Waals surface area contributed by atoms with Crippen molar-refractivity contribution in [3.05, 3.63) is 107 Å². The third-order valence-electron chi connectivity index (χ3n) is 20.9. The third kappa shape index (κ3) is 26.5. The van der Waals surface area contributed by atoms with Gasteiger partial charge in [0, 0.05) is 66.5 Å². The van der Waals surface area contributed by atoms with Gasteiger partial charge in [0.2, 0.25) is 76.8 Å². The van der Waals surface area contributed by atoms with E-state index < -0.39 is 162 Å². The van der Waals surface area contributed by atoms with Crippen LogP contribution in [0.1, 0.15) is 176 Å². The van der Waals surface area contributed by atoms with Crippen LogP contribution >= 0.6 is 0 Å². The van der Waals surface area contributed by atoms with Crippen LogP contribution in [0.5, 0.6) is 0 Å². The molecule has 6 rings (SSSR count). The summed E-state index contributed by atoms with van der Waals surface area (Å²) in [5, 5.41) is 33.8. The second-order valence-corrected chi connectivity index (χ2v) is 31.8. The van der Waals surface area contributed by atoms with Crippen LogP contribution in [0.25, 0.3) is 0 Å². The number of likely N-dealkylation sites (tertiary alicyclic amines) is 1. The highest BCUT2D eigenvalue weighted by atomic mass is 16.3. The lowest BCUT2D eigenvalue weighted by atomic mass is 9.96. The minimum absolute atomic E-state index is 0.00600. The Hall–Kier alpha value is -9.27. The summed E-state index contributed by atoms with van der Waals surface area (Å²) in [5.41, 5.74) is 2.87. The molecule has 0 unspecified atom stereocenters. The molecule has 3 aliphatic heterocycles. The van der Waals surface area contributed by atoms with E-state index in [1.54, 1.807) is 86.3 Å². The van der Waals surface area contributed by atoms with Crippen LogP contribution in [0.15, 0.2) is 84.9 Å². The zero-order valence-corrected chi connectivity index (χ0v) is 66.8. The van der Waals surface area contributed by atoms with Crippen LogP contribution in [0.2, 0.25) is 0 Å². The molecule has 0 aliphatic carbocycles. The van der Waals surface area contributed by atoms with Gasteiger partial charge in [-0.25, -0.2) is 0 Å². The number of carbonyl (C=O) groups is 13. The van der Waals surface area contributed by atoms with E-state index in [1.807, 2.05) is 72.7 Å². The Morgan fingerprint density at radius 1 is 0.477 bits per heavy atom. The average molecular weight is 1510 g/mol. The van der Waals surface area contributed by atoms with Crippen LogP contribution in [-0.4, -0.2) is 226 Å². The van der Waals surface area contributed by atoms with Gasteiger partial charge in [-0.05, 0) is 130 Å². The number of rotatable bonds is 15. The number of hydrogen-bond acceptors (Lipinski definition) is 14. The van der Waals surface area contributed by atoms with Gasteiger partial charge in [0.15, 0.2) is 0 Å². The minimum atomic E-state index is -1.66. The number of carbonyl (C=O) groups excluding carboxylic acids is 13. The van der Waals surface area contributed by atoms with Crippen molar-refractivity contribution in [2.75, 3.05) is 47.3 Å². The van der Waals surface area contributed by atoms with E-state index in [0.29, 0.717) is 49.9 Å². The Morgan fingerprint density at radius 2 is 1.02 bits per heavy atom. The van der Waals surface area contributed by atoms with E-state index >= 15 is 9.59 Å². The number of nitrogens with one attached hydrogen (secondary N) is 8. The fourth-order valence-electron chi connectivity index (χ4n) is 14.2. The first-order valence-corrected chi connectivity index (χ1v) is 39.2. The van der Waals surface area contributed by atoms with Gasteiger partial charge in [-0.3, -0.25) is 62.3 Å². The maximum absolute atomic E-state index is 15.4. The van der Waals surface area contributed by atoms with Gasteiger partial charge in [-0.1, -0.05) is 161 Å². The summed E-state index contributed by atoms with van der Waals surface area (Å²) < 4.78 is 0. The fourth-order valence-corrected chi connectivity index (χ4v) is 14.2. The molecule has 3 aliphatic rings. The van der Waals surface area contributed by atoms with Crippen LogP contribution in [0.4, 0.5) is 0 Å². The number of piperidine rings is 1. The van der Waals surface area contributed by atoms with Gasteiger partial charge < -0.3 is 72.1 Å². The molecule has 3 heterocycles. The lowest BCUT2D eigenvalue weighted by Gasteiger charge is -2.36. The number of aliphatic hydroxyl groups is 1. The quantitative estimate of drug-likeness (QED) is 0.103. The summed E-state index contributed by atoms with van der Waals surface area (Å²) in [6.07, 6.45) is 3.07. The van der Waals surface area contributed by atoms with Crippen molar-refractivity contribution in [2.45, 2.75) is 252 Å². The van der Waals surface area contributed by atoms with E-state index in [0.717, 1.165) is 35.3 Å². The van der Waals surface area contributed by atoms with Crippen LogP contribution in [-0.2, 0) is 88.0 Å². The van der Waals surface area contributed by atoms with Crippen molar-refractivity contribution in [3.63, 3.8) is 0 Å². The van der Waals surface area contributed by atoms with Crippen LogP contribution in [0, 0.1) is 29.6 Å². The Kier molecular flexibility index (Phi) is 34.7. The minimum Gasteiger partial charge on any atom is -0.391 e. The smallest absolute Gasteiger partial charge is 0.246 e. The SMILES string of the molecule is CC[C@H](C)[C@@H]1NC(=O)[C@H](Cc2ccccc2)NC(=O)[C@@H]2CCCN2C(=O)[C@H](CC(C)C)N(C)C(=O)[C@H](Cc2ccccc2)NC(=O)[C@H](CC(C)C)NC(=O)[C@H]([C@@H](C)O)NC(=O)[C@H](C)N(C)C(=O)[C@H](C(C)C)NC(=O)CCCc2cccc(c2)C[C@@H](C(=O)N2CCCCC2)NC(=O)[C@H](CC(C)C)NC(=O)CN(C)C1=O. The molecule has 27 heteroatoms. The molecule has 109 heavy (non-hydrogen) atoms. The Bertz CT molecular complexity index is 3590. The van der Waals surface area contributed by atoms with Crippen molar-refractivity contribution in [1.82, 2.24) is 67.0 Å². The number of nitrogens with zero attached hydrogens (tertiary/aromatic N) is 5. The zero-order chi connectivity index (χ0) is 80.5. The van der Waals surface area contributed by atoms with Gasteiger partial charge in [-0.15, -0.1) is 0 Å². The summed E-state index contributed by atoms with van der Waals surface area (Å²) in [6, 6.07) is 11.6. The second kappa shape index (κ2) is 42.6. The molecule has 0 saturated carbocycles. The molecule has 0 radical (unpaired) electrons. The van der Waals surface area contributed by atoms with E-state index in [1.165, 1.54) is 49.7 Å². The Morgan fingerprint density at radius 3 is 1.60 bits per heavy atom. The largest absolute Gasteiger partial charge is 0.391 e. The average Bonchev–Trinajstić information content (AvgIpc) is 1.44. The van der Waals surface area contributed by atoms with E-state index in [2.05, 4.69) is 42.5 Å². The molecule has 3 aromatic rings. The number of hydrogen-bond donors (Lipinski definition) is 9. The van der Waals surface area contributed by atoms with Gasteiger partial charge in [-0.2, -0.15) is 0 Å². The first-order chi connectivity index (χ1) is 51.6. The van der Waals surface area contributed by atoms with Gasteiger partial charge in [0.25, 0.3) is 0 Å². The third-order valence-corrected chi connectivity index (χ3v) is 20.9. The predicted molar refractivity (Wildman–Crippen MR) is 415 cm³/mol. The molecular weight excluding hydrogens is 1390 g/mol. The van der Waals surface area contributed by atoms with Gasteiger partial charge in [0.1, 0.15) is 66.5 Å². The van der Waals surface area contributed by atoms with E-state index in [4.69, 9.17) is 0 Å². The lowest BCUT2D eigenvalue weighted by molar-refractivity contribution is -0.149. The number of aliphatic hydroxyl groups excluding tert-OH is 1. The fraction of sp³-hybridized carbons (Fsp3) is 0.622. The molecule has 3 aromatic carbocycles. The summed E-state index contributed by atoms with van der Waals surface area (Å²) in [6.45, 7) is 21.6. The van der Waals surface area contributed by atoms with Crippen molar-refractivity contribution in [3.8, 4) is 0 Å². The second-order valence-electron chi connectivity index (χ2n) is 31.8. The van der Waals surface area contributed by atoms with Gasteiger partial charge >= 0.3 is 0 Å². The molecule has 2 saturated heterocycles. The highest BCUT2D eigenvalue weighted by Gasteiger charge is 2.44. The lowest BCUT2D eigenvalue weighted by Crippen LogP contribution is -2.62. The summed E-state index contributed by atoms with van der Waals surface area (Å²) in [5.74, 6) is -9.89. The molecule has 13 amide bonds. The number of amides is 13. The molecule has 27 nitrogen and oxygen atoms in total. The van der Waals surface area contributed by atoms with E-state index in [9.17, 15) is 57.8 Å². The molecule has 0 aromatic heterocycles. The van der Waals surface area contributed by atoms with Crippen molar-refractivity contribution < 1.29 is 67.4 Å². The monoisotopic (exact) mass is 1510 g/mol. The molecule has 13 atom stereocenters. The zero-order valence-electron chi connectivity index (χ0n) is 66.8. The molecule has 600 valence electrons. The van der Waals surface area contributed by atoms with Crippen molar-refractivity contribution >= 4 is 76.8 Å². The first kappa shape index (κ1) is 88.6. The summed E-state index contributed by atoms with van der Waals surface area (Å²) >= 11 is 0. The first-order valence-electron chi connectivity index (χ1n) is 39.2. The highest BCUT2D eigenvalue weighted by molar-refractivity contribution is 6.00. The maximum Gasteiger partial charge on any atom is 0.246 e. The molecule has 0 spiro atoms. The number of likely N-dealkylation sites (N-methyl/N-ethyl adjacent to an activating group) is 3. The molecular formula is C82H123N13O14. The standard InChI is InChI=1S/C82H123N13O14/c1-16-53(10)70-81(108)91(13)48-68(98)83-60(41-49(2)3)73(100)87-64(79(106)94-38-24-19-25-39-94)47-59-35-26-33-56(44-59)34-27-37-67(97)88-69(52(8)9)82(109)92(14)54(11)72(99)90-71(55(12)96)77(104)85-61(42-50(4)5)74(101)86-63(46-58-31-22-18-23-32-58)78(105)93(15)66(43-51(6)7)80(107)95-40-28-36-65(95)76(103)84-62(75(102)89-70)45-57-29-20-17-21-30-57/h17-18,20-23,26,29-33,35,44,49-55,60-66,69-71,96H,16,19,24-25,27-28,34,36-43,45-48H2,1-15H3,(H,83,98)(H,84,103)(H,85,104)(H,86,101)(H,87,100)(H,88,97)(H,89,102)(H,90,99)/t53-,54-,55+,60-,61-,62-,63-,64-,65-,66-,69-,70-,71-/m0/s1. The number of aryl methyl sites for hydroxylation is 1. The van der Waals surface area contributed by atoms with Crippen LogP contribution < -0.4 is 42.5 Å². The predicted octanol–water partition coefficient (Wildman–Crippen LogP) is 4.29. The molecule has 2 bridgehead atoms. The Labute approximate surface area is 644 Å². The normalized spacial score (nSPS) is 25.7. The topological polar surface area (TPSA) is 355 Å². The summed E-state index contributed by atoms with van der Waals surface area (Å²) in [7, 11) is 4.25. The molecule has 9 N–H and O–H groups in total. The van der Waals surface area contributed by atoms with Crippen LogP contribution in [0.3, 0.4) is 0 Å². The van der Waals surface area contributed by atoms with E-state index in [-0.39, 0.29) is 81.6 Å². The highest BCUT2D eigenvalue weighted by Crippen LogP contribution is 2.26. The van der Waals surface area contributed by atoms with Crippen molar-refractivity contribution in [2.24, 2.45) is 29.6 Å². The maximum atomic E-state index is 15.4. The summed E-state index contributed by atoms with van der Waals surface area (Å²) in [4.78, 5) is 197.